The van der Waals surface area contributed by atoms with Crippen LogP contribution in [0.25, 0.3) is 0 Å². The molecule has 0 fully saturated rings. The van der Waals surface area contributed by atoms with Crippen LogP contribution in [0.2, 0.25) is 0 Å². The highest BCUT2D eigenvalue weighted by molar-refractivity contribution is 7.80. The Morgan fingerprint density at radius 3 is 2.40 bits per heavy atom. The van der Waals surface area contributed by atoms with Crippen molar-refractivity contribution >= 4 is 23.0 Å². The van der Waals surface area contributed by atoms with Crippen LogP contribution in [0.1, 0.15) is 24.1 Å². The van der Waals surface area contributed by atoms with E-state index in [1.54, 1.807) is 18.2 Å². The summed E-state index contributed by atoms with van der Waals surface area (Å²) >= 11 is 5.21. The molecule has 0 aliphatic rings. The van der Waals surface area contributed by atoms with Gasteiger partial charge >= 0.3 is 0 Å². The predicted molar refractivity (Wildman–Crippen MR) is 85.4 cm³/mol. The van der Waals surface area contributed by atoms with Gasteiger partial charge in [0.1, 0.15) is 5.82 Å². The summed E-state index contributed by atoms with van der Waals surface area (Å²) in [6, 6.07) is 14.7. The maximum atomic E-state index is 13.5. The van der Waals surface area contributed by atoms with Gasteiger partial charge in [0.25, 0.3) is 0 Å². The second kappa shape index (κ2) is 6.48. The van der Waals surface area contributed by atoms with E-state index in [0.717, 1.165) is 5.56 Å². The van der Waals surface area contributed by atoms with Gasteiger partial charge in [-0.15, -0.1) is 0 Å². The van der Waals surface area contributed by atoms with Crippen molar-refractivity contribution < 1.29 is 4.39 Å². The van der Waals surface area contributed by atoms with E-state index in [4.69, 9.17) is 12.2 Å². The number of nitrogens with one attached hydrogen (secondary N) is 2. The van der Waals surface area contributed by atoms with Gasteiger partial charge in [0.05, 0.1) is 11.7 Å². The fraction of sp³-hybridized carbons (Fsp3) is 0.188. The van der Waals surface area contributed by atoms with E-state index in [1.165, 1.54) is 11.6 Å². The van der Waals surface area contributed by atoms with Crippen LogP contribution in [0.3, 0.4) is 0 Å². The number of hydrogen-bond donors (Lipinski definition) is 2. The van der Waals surface area contributed by atoms with Crippen LogP contribution in [-0.4, -0.2) is 5.11 Å². The smallest absolute Gasteiger partial charge is 0.171 e. The van der Waals surface area contributed by atoms with Gasteiger partial charge in [-0.2, -0.15) is 0 Å². The van der Waals surface area contributed by atoms with Crippen LogP contribution in [-0.2, 0) is 0 Å². The maximum Gasteiger partial charge on any atom is 0.171 e. The molecule has 2 rings (SSSR count). The van der Waals surface area contributed by atoms with Crippen LogP contribution >= 0.6 is 12.2 Å². The highest BCUT2D eigenvalue weighted by Crippen LogP contribution is 2.15. The minimum atomic E-state index is -0.320. The minimum absolute atomic E-state index is 0.0578. The highest BCUT2D eigenvalue weighted by Gasteiger charge is 2.08. The average molecular weight is 288 g/mol. The minimum Gasteiger partial charge on any atom is -0.356 e. The van der Waals surface area contributed by atoms with Gasteiger partial charge in [0, 0.05) is 0 Å². The molecule has 2 aromatic carbocycles. The third-order valence-electron chi connectivity index (χ3n) is 3.05. The van der Waals surface area contributed by atoms with E-state index in [2.05, 4.69) is 34.9 Å². The first kappa shape index (κ1) is 14.5. The lowest BCUT2D eigenvalue weighted by molar-refractivity contribution is 0.631. The Morgan fingerprint density at radius 1 is 1.10 bits per heavy atom. The molecule has 0 saturated carbocycles. The van der Waals surface area contributed by atoms with E-state index < -0.39 is 0 Å². The number of anilines is 1. The third-order valence-corrected chi connectivity index (χ3v) is 3.27. The molecular weight excluding hydrogens is 271 g/mol. The molecule has 0 radical (unpaired) electrons. The van der Waals surface area contributed by atoms with Gasteiger partial charge in [-0.1, -0.05) is 42.0 Å². The lowest BCUT2D eigenvalue weighted by atomic mass is 10.1. The van der Waals surface area contributed by atoms with Crippen molar-refractivity contribution in [3.05, 3.63) is 65.5 Å². The summed E-state index contributed by atoms with van der Waals surface area (Å²) in [5.74, 6) is -0.320. The second-order valence-corrected chi connectivity index (χ2v) is 5.12. The van der Waals surface area contributed by atoms with Crippen molar-refractivity contribution in [2.75, 3.05) is 5.32 Å². The van der Waals surface area contributed by atoms with Gasteiger partial charge in [0.2, 0.25) is 0 Å². The van der Waals surface area contributed by atoms with Crippen LogP contribution < -0.4 is 10.6 Å². The van der Waals surface area contributed by atoms with Crippen molar-refractivity contribution in [1.29, 1.82) is 0 Å². The van der Waals surface area contributed by atoms with Gasteiger partial charge < -0.3 is 10.6 Å². The molecule has 0 aromatic heterocycles. The zero-order valence-electron chi connectivity index (χ0n) is 11.5. The first-order valence-electron chi connectivity index (χ1n) is 6.45. The van der Waals surface area contributed by atoms with E-state index in [1.807, 2.05) is 13.8 Å². The fourth-order valence-electron chi connectivity index (χ4n) is 1.86. The molecule has 2 nitrogen and oxygen atoms in total. The lowest BCUT2D eigenvalue weighted by Gasteiger charge is -2.17. The molecule has 0 aliphatic heterocycles. The van der Waals surface area contributed by atoms with Crippen LogP contribution in [0.4, 0.5) is 10.1 Å². The van der Waals surface area contributed by atoms with Crippen LogP contribution in [0.5, 0.6) is 0 Å². The summed E-state index contributed by atoms with van der Waals surface area (Å²) in [4.78, 5) is 0. The summed E-state index contributed by atoms with van der Waals surface area (Å²) in [5, 5.41) is 6.42. The quantitative estimate of drug-likeness (QED) is 0.828. The summed E-state index contributed by atoms with van der Waals surface area (Å²) < 4.78 is 13.5. The molecule has 2 aromatic rings. The van der Waals surface area contributed by atoms with E-state index >= 15 is 0 Å². The van der Waals surface area contributed by atoms with Gasteiger partial charge in [-0.25, -0.2) is 4.39 Å². The number of halogens is 1. The normalized spacial score (nSPS) is 11.8. The predicted octanol–water partition coefficient (Wildman–Crippen LogP) is 4.18. The Kier molecular flexibility index (Phi) is 4.69. The van der Waals surface area contributed by atoms with Gasteiger partial charge in [0.15, 0.2) is 5.11 Å². The van der Waals surface area contributed by atoms with Crippen molar-refractivity contribution in [2.45, 2.75) is 19.9 Å². The number of rotatable bonds is 3. The van der Waals surface area contributed by atoms with Crippen molar-refractivity contribution in [3.63, 3.8) is 0 Å². The SMILES string of the molecule is Cc1ccc(C(C)NC(=S)Nc2ccccc2F)cc1. The Bertz CT molecular complexity index is 596. The maximum absolute atomic E-state index is 13.5. The number of thiocarbonyl (C=S) groups is 1. The molecule has 1 unspecified atom stereocenters. The third kappa shape index (κ3) is 3.78. The summed E-state index contributed by atoms with van der Waals surface area (Å²) in [6.45, 7) is 4.06. The zero-order valence-corrected chi connectivity index (χ0v) is 12.3. The lowest BCUT2D eigenvalue weighted by Crippen LogP contribution is -2.31. The van der Waals surface area contributed by atoms with Crippen LogP contribution in [0.15, 0.2) is 48.5 Å². The van der Waals surface area contributed by atoms with Gasteiger partial charge in [-0.05, 0) is 43.8 Å². The van der Waals surface area contributed by atoms with Crippen molar-refractivity contribution in [1.82, 2.24) is 5.32 Å². The first-order chi connectivity index (χ1) is 9.56. The Balaban J connectivity index is 1.98. The first-order valence-corrected chi connectivity index (χ1v) is 6.85. The molecule has 0 aliphatic carbocycles. The monoisotopic (exact) mass is 288 g/mol. The molecule has 0 bridgehead atoms. The molecule has 0 amide bonds. The Hall–Kier alpha value is -1.94. The standard InChI is InChI=1S/C16H17FN2S/c1-11-7-9-13(10-8-11)12(2)18-16(20)19-15-6-4-3-5-14(15)17/h3-10,12H,1-2H3,(H2,18,19,20). The van der Waals surface area contributed by atoms with Crippen LogP contribution in [0, 0.1) is 12.7 Å². The summed E-state index contributed by atoms with van der Waals surface area (Å²) in [5.41, 5.74) is 2.72. The number of benzene rings is 2. The molecular formula is C16H17FN2S. The summed E-state index contributed by atoms with van der Waals surface area (Å²) in [6.07, 6.45) is 0. The van der Waals surface area contributed by atoms with Crippen molar-refractivity contribution in [3.8, 4) is 0 Å². The van der Waals surface area contributed by atoms with E-state index in [-0.39, 0.29) is 11.9 Å². The molecule has 0 heterocycles. The molecule has 2 N–H and O–H groups in total. The molecule has 1 atom stereocenters. The van der Waals surface area contributed by atoms with E-state index in [9.17, 15) is 4.39 Å². The highest BCUT2D eigenvalue weighted by atomic mass is 32.1. The number of hydrogen-bond acceptors (Lipinski definition) is 1. The molecule has 4 heteroatoms. The van der Waals surface area contributed by atoms with E-state index in [0.29, 0.717) is 10.8 Å². The Morgan fingerprint density at radius 2 is 1.75 bits per heavy atom. The fourth-order valence-corrected chi connectivity index (χ4v) is 2.14. The zero-order chi connectivity index (χ0) is 14.5. The largest absolute Gasteiger partial charge is 0.356 e. The topological polar surface area (TPSA) is 24.1 Å². The van der Waals surface area contributed by atoms with Crippen molar-refractivity contribution in [2.24, 2.45) is 0 Å². The van der Waals surface area contributed by atoms with Gasteiger partial charge in [-0.3, -0.25) is 0 Å². The number of aryl methyl sites for hydroxylation is 1. The average Bonchev–Trinajstić information content (AvgIpc) is 2.42. The number of para-hydroxylation sites is 1. The Labute approximate surface area is 124 Å². The molecule has 0 spiro atoms. The second-order valence-electron chi connectivity index (χ2n) is 4.71. The molecule has 20 heavy (non-hydrogen) atoms. The summed E-state index contributed by atoms with van der Waals surface area (Å²) in [7, 11) is 0. The molecule has 104 valence electrons. The molecule has 0 saturated heterocycles.